The number of nitrogens with two attached hydrogens (primary N) is 1. The number of nitrogens with zero attached hydrogens (tertiary/aromatic N) is 7. The van der Waals surface area contributed by atoms with Gasteiger partial charge >= 0.3 is 21.3 Å². The molecule has 3 aliphatic rings. The highest BCUT2D eigenvalue weighted by molar-refractivity contribution is 7.61. The maximum absolute atomic E-state index is 12.7. The van der Waals surface area contributed by atoms with Gasteiger partial charge in [0.1, 0.15) is 43.0 Å². The van der Waals surface area contributed by atoms with Crippen LogP contribution in [-0.4, -0.2) is 137 Å². The van der Waals surface area contributed by atoms with Gasteiger partial charge in [0.15, 0.2) is 34.7 Å². The van der Waals surface area contributed by atoms with Crippen molar-refractivity contribution in [3.63, 3.8) is 0 Å². The number of phosphoric ester groups is 2. The van der Waals surface area contributed by atoms with Crippen molar-refractivity contribution >= 4 is 43.7 Å². The normalized spacial score (nSPS) is 21.9. The van der Waals surface area contributed by atoms with E-state index in [0.717, 1.165) is 36.8 Å². The quantitative estimate of drug-likeness (QED) is 0.0252. The second kappa shape index (κ2) is 18.8. The minimum absolute atomic E-state index is 0.234. The van der Waals surface area contributed by atoms with Crippen molar-refractivity contribution < 1.29 is 62.5 Å². The lowest BCUT2D eigenvalue weighted by molar-refractivity contribution is -0.0794. The number of aliphatic hydroxyl groups is 5. The number of unbranched alkanes of at least 4 members (excludes halogenated alkanes) is 3. The number of aryl methyl sites for hydroxylation is 2. The first kappa shape index (κ1) is 45.4. The monoisotopic (exact) mass is 884 g/mol. The molecule has 60 heavy (non-hydrogen) atoms. The highest BCUT2D eigenvalue weighted by Gasteiger charge is 2.46. The van der Waals surface area contributed by atoms with Crippen molar-refractivity contribution in [3.05, 3.63) is 56.8 Å². The first-order valence-corrected chi connectivity index (χ1v) is 21.6. The number of aromatic amines is 1. The van der Waals surface area contributed by atoms with Crippen molar-refractivity contribution in [2.24, 2.45) is 5.73 Å². The summed E-state index contributed by atoms with van der Waals surface area (Å²) >= 11 is 0. The van der Waals surface area contributed by atoms with E-state index in [2.05, 4.69) is 39.1 Å². The number of hydrogen-bond acceptors (Lipinski definition) is 20. The van der Waals surface area contributed by atoms with Crippen molar-refractivity contribution in [2.45, 2.75) is 88.9 Å². The summed E-state index contributed by atoms with van der Waals surface area (Å²) in [6.45, 7) is 2.04. The lowest BCUT2D eigenvalue weighted by Crippen LogP contribution is -2.42. The number of ether oxygens (including phenoxy) is 1. The summed E-state index contributed by atoms with van der Waals surface area (Å²) in [5.41, 5.74) is 6.16. The maximum atomic E-state index is 12.7. The summed E-state index contributed by atoms with van der Waals surface area (Å²) in [5.74, 6) is 0.182. The molecule has 0 radical (unpaired) electrons. The number of aliphatic hydroxyl groups excluding tert-OH is 5. The van der Waals surface area contributed by atoms with Crippen LogP contribution in [0.1, 0.15) is 43.0 Å². The van der Waals surface area contributed by atoms with Gasteiger partial charge in [0.2, 0.25) is 0 Å². The Bertz CT molecular complexity index is 2490. The van der Waals surface area contributed by atoms with Gasteiger partial charge in [0.05, 0.1) is 37.1 Å². The van der Waals surface area contributed by atoms with E-state index in [1.807, 2.05) is 4.98 Å². The van der Waals surface area contributed by atoms with E-state index in [9.17, 15) is 54.0 Å². The summed E-state index contributed by atoms with van der Waals surface area (Å²) in [6, 6.07) is 3.31. The summed E-state index contributed by atoms with van der Waals surface area (Å²) in [6.07, 6.45) is -5.94. The number of imidazole rings is 1. The predicted molar refractivity (Wildman–Crippen MR) is 208 cm³/mol. The van der Waals surface area contributed by atoms with Gasteiger partial charge in [-0.1, -0.05) is 12.8 Å². The van der Waals surface area contributed by atoms with Gasteiger partial charge in [0.25, 0.3) is 5.56 Å². The van der Waals surface area contributed by atoms with Crippen LogP contribution in [0, 0.1) is 13.8 Å². The number of rotatable bonds is 20. The van der Waals surface area contributed by atoms with Crippen LogP contribution in [0.5, 0.6) is 0 Å². The average Bonchev–Trinajstić information content (AvgIpc) is 3.74. The van der Waals surface area contributed by atoms with E-state index >= 15 is 0 Å². The maximum Gasteiger partial charge on any atom is 0.481 e. The van der Waals surface area contributed by atoms with E-state index in [0.29, 0.717) is 29.9 Å². The molecule has 9 atom stereocenters. The van der Waals surface area contributed by atoms with E-state index in [4.69, 9.17) is 15.0 Å². The van der Waals surface area contributed by atoms with Crippen molar-refractivity contribution in [2.75, 3.05) is 31.6 Å². The molecule has 0 aliphatic carbocycles. The first-order valence-electron chi connectivity index (χ1n) is 18.6. The summed E-state index contributed by atoms with van der Waals surface area (Å²) < 4.78 is 47.3. The molecule has 27 heteroatoms. The Balaban J connectivity index is 1.04. The third-order valence-corrected chi connectivity index (χ3v) is 12.4. The van der Waals surface area contributed by atoms with E-state index in [1.54, 1.807) is 26.0 Å². The van der Waals surface area contributed by atoms with Gasteiger partial charge in [-0.05, 0) is 56.5 Å². The van der Waals surface area contributed by atoms with Crippen LogP contribution in [0.15, 0.2) is 34.4 Å². The second-order valence-electron chi connectivity index (χ2n) is 14.1. The molecule has 11 N–H and O–H groups in total. The molecule has 2 aromatic heterocycles. The first-order chi connectivity index (χ1) is 28.4. The van der Waals surface area contributed by atoms with Crippen LogP contribution in [0.4, 0.5) is 5.82 Å². The fraction of sp³-hybridized carbons (Fsp3) is 0.545. The molecule has 1 aromatic carbocycles. The number of hydrogen-bond donors (Lipinski definition) is 10. The third-order valence-electron chi connectivity index (χ3n) is 9.79. The Morgan fingerprint density at radius 1 is 0.950 bits per heavy atom. The lowest BCUT2D eigenvalue weighted by atomic mass is 10.1. The molecule has 6 rings (SSSR count). The van der Waals surface area contributed by atoms with Crippen molar-refractivity contribution in [3.8, 4) is 11.5 Å². The molecular weight excluding hydrogens is 838 g/mol. The van der Waals surface area contributed by atoms with Crippen LogP contribution in [0.2, 0.25) is 0 Å². The molecule has 1 saturated heterocycles. The molecule has 25 nitrogen and oxygen atoms in total. The van der Waals surface area contributed by atoms with Crippen LogP contribution >= 0.6 is 15.6 Å². The number of nitrogens with one attached hydrogen (secondary N) is 2. The van der Waals surface area contributed by atoms with Gasteiger partial charge in [-0.2, -0.15) is 9.29 Å². The SMILES string of the molecule is Cc1cc2nc3c(=O)[nH]c(=O)nc-3n(C[C@H](O)[C@H](O)[C@H](O)COP(=O)(O)OP(=O)(O)OC[C@H]3O[C@@H](n4cnc5c(NCCCCCCN)ncnc54)[C@H](O)[C@@H]3O)c2cc1C. The van der Waals surface area contributed by atoms with Crippen LogP contribution in [0.25, 0.3) is 33.7 Å². The Morgan fingerprint density at radius 2 is 1.67 bits per heavy atom. The molecule has 0 saturated carbocycles. The van der Waals surface area contributed by atoms with E-state index < -0.39 is 89.5 Å². The lowest BCUT2D eigenvalue weighted by Gasteiger charge is -2.26. The summed E-state index contributed by atoms with van der Waals surface area (Å²) in [5, 5.41) is 56.9. The molecule has 0 spiro atoms. The largest absolute Gasteiger partial charge is 0.481 e. The number of fused-ring (bicyclic) bond motifs is 3. The summed E-state index contributed by atoms with van der Waals surface area (Å²) in [7, 11) is -11.1. The van der Waals surface area contributed by atoms with Gasteiger partial charge in [-0.15, -0.1) is 0 Å². The molecule has 0 bridgehead atoms. The fourth-order valence-corrected chi connectivity index (χ4v) is 8.59. The Labute approximate surface area is 339 Å². The molecule has 2 unspecified atom stereocenters. The zero-order valence-electron chi connectivity index (χ0n) is 32.2. The van der Waals surface area contributed by atoms with Crippen LogP contribution in [0.3, 0.4) is 0 Å². The molecule has 1 fully saturated rings. The number of anilines is 1. The van der Waals surface area contributed by atoms with Gasteiger partial charge in [-0.25, -0.2) is 33.9 Å². The number of phosphoric acid groups is 2. The number of aromatic nitrogens is 8. The standard InChI is InChI=1S/C33H46N10O15P2/c1-16-9-18-19(10-17(16)2)42(30-24(39-18)31(49)41-33(50)40-30)11-20(44)25(46)21(45)12-55-59(51,52)58-60(53,54)56-13-22-26(47)27(48)32(57-22)43-15-38-23-28(36-14-37-29(23)43)35-8-6-4-3-5-7-34/h9-10,14-15,20-22,25-27,32,44-48H,3-8,11-13,34H2,1-2H3,(H,51,52)(H,53,54)(H,35,36,37)(H,41,49,50)/t20-,21+,22+,25-,26+,27+,32+/m0/s1. The highest BCUT2D eigenvalue weighted by Crippen LogP contribution is 2.60. The predicted octanol–water partition coefficient (Wildman–Crippen LogP) is -1.08. The molecule has 328 valence electrons. The smallest absolute Gasteiger partial charge is 0.388 e. The topological polar surface area (TPSA) is 375 Å². The van der Waals surface area contributed by atoms with Crippen molar-refractivity contribution in [1.82, 2.24) is 39.0 Å². The Kier molecular flexibility index (Phi) is 14.2. The van der Waals surface area contributed by atoms with E-state index in [1.165, 1.54) is 21.8 Å². The van der Waals surface area contributed by atoms with Crippen LogP contribution < -0.4 is 22.3 Å². The fourth-order valence-electron chi connectivity index (χ4n) is 6.49. The number of benzene rings is 1. The molecule has 0 amide bonds. The minimum Gasteiger partial charge on any atom is -0.388 e. The summed E-state index contributed by atoms with van der Waals surface area (Å²) in [4.78, 5) is 67.9. The molecular formula is C33H46N10O15P2. The third kappa shape index (κ3) is 10.3. The Hall–Kier alpha value is -4.17. The molecule has 5 heterocycles. The van der Waals surface area contributed by atoms with Gasteiger partial charge < -0.3 is 55.7 Å². The zero-order chi connectivity index (χ0) is 43.5. The minimum atomic E-state index is -5.56. The second-order valence-corrected chi connectivity index (χ2v) is 17.2. The number of H-pyrrole nitrogens is 1. The zero-order valence-corrected chi connectivity index (χ0v) is 34.0. The van der Waals surface area contributed by atoms with Gasteiger partial charge in [0, 0.05) is 6.54 Å². The van der Waals surface area contributed by atoms with Crippen LogP contribution in [-0.2, 0) is 33.8 Å². The van der Waals surface area contributed by atoms with Crippen molar-refractivity contribution in [1.29, 1.82) is 0 Å². The van der Waals surface area contributed by atoms with Gasteiger partial charge in [-0.3, -0.25) is 23.4 Å². The molecule has 3 aliphatic heterocycles. The van der Waals surface area contributed by atoms with E-state index in [-0.39, 0.29) is 22.7 Å². The Morgan fingerprint density at radius 3 is 2.42 bits per heavy atom. The highest BCUT2D eigenvalue weighted by atomic mass is 31.3. The molecule has 3 aromatic rings. The average molecular weight is 885 g/mol.